The fourth-order valence-corrected chi connectivity index (χ4v) is 3.77. The van der Waals surface area contributed by atoms with Crippen LogP contribution in [0.5, 0.6) is 5.75 Å². The first-order valence-electron chi connectivity index (χ1n) is 6.26. The summed E-state index contributed by atoms with van der Waals surface area (Å²) in [7, 11) is 0. The molecule has 0 amide bonds. The zero-order valence-corrected chi connectivity index (χ0v) is 16.0. The molecule has 2 N–H and O–H groups in total. The molecule has 0 aliphatic carbocycles. The van der Waals surface area contributed by atoms with Crippen molar-refractivity contribution < 1.29 is 5.11 Å². The van der Waals surface area contributed by atoms with E-state index in [9.17, 15) is 5.11 Å². The van der Waals surface area contributed by atoms with Crippen molar-refractivity contribution in [3.05, 3.63) is 26.6 Å². The highest BCUT2D eigenvalue weighted by molar-refractivity contribution is 9.11. The lowest BCUT2D eigenvalue weighted by atomic mass is 10.0. The van der Waals surface area contributed by atoms with Gasteiger partial charge >= 0.3 is 0 Å². The Balaban J connectivity index is 0.00000180. The van der Waals surface area contributed by atoms with E-state index in [1.54, 1.807) is 0 Å². The van der Waals surface area contributed by atoms with Gasteiger partial charge in [-0.05, 0) is 34.5 Å². The number of halogens is 4. The molecular formula is C13H20Br2Cl2N2O. The number of benzene rings is 1. The summed E-state index contributed by atoms with van der Waals surface area (Å²) in [6.07, 6.45) is 0.996. The molecule has 3 nitrogen and oxygen atoms in total. The number of phenolic OH excluding ortho intramolecular Hbond substituents is 1. The van der Waals surface area contributed by atoms with Crippen molar-refractivity contribution in [3.8, 4) is 5.75 Å². The first kappa shape index (κ1) is 20.5. The quantitative estimate of drug-likeness (QED) is 0.727. The summed E-state index contributed by atoms with van der Waals surface area (Å²) in [6, 6.07) is 4.18. The van der Waals surface area contributed by atoms with Crippen LogP contribution in [0.2, 0.25) is 0 Å². The van der Waals surface area contributed by atoms with Crippen LogP contribution >= 0.6 is 56.7 Å². The molecule has 1 saturated heterocycles. The number of phenols is 1. The maximum atomic E-state index is 10.2. The Morgan fingerprint density at radius 2 is 1.85 bits per heavy atom. The zero-order chi connectivity index (χ0) is 13.1. The molecule has 1 aromatic rings. The van der Waals surface area contributed by atoms with Gasteiger partial charge in [-0.1, -0.05) is 22.9 Å². The molecule has 0 saturated carbocycles. The molecule has 1 aliphatic rings. The van der Waals surface area contributed by atoms with Gasteiger partial charge in [0.25, 0.3) is 0 Å². The zero-order valence-electron chi connectivity index (χ0n) is 11.2. The average molecular weight is 451 g/mol. The predicted octanol–water partition coefficient (Wildman–Crippen LogP) is 4.12. The fourth-order valence-electron chi connectivity index (χ4n) is 2.51. The highest BCUT2D eigenvalue weighted by Gasteiger charge is 2.24. The van der Waals surface area contributed by atoms with Gasteiger partial charge < -0.3 is 10.4 Å². The smallest absolute Gasteiger partial charge is 0.134 e. The van der Waals surface area contributed by atoms with E-state index in [1.807, 2.05) is 12.1 Å². The number of nitrogens with zero attached hydrogens (tertiary/aromatic N) is 1. The second kappa shape index (κ2) is 9.49. The van der Waals surface area contributed by atoms with Crippen LogP contribution < -0.4 is 5.32 Å². The number of nitrogens with one attached hydrogen (secondary N) is 1. The fraction of sp³-hybridized carbons (Fsp3) is 0.538. The van der Waals surface area contributed by atoms with E-state index in [0.29, 0.717) is 5.75 Å². The second-order valence-corrected chi connectivity index (χ2v) is 6.31. The lowest BCUT2D eigenvalue weighted by molar-refractivity contribution is 0.166. The Morgan fingerprint density at radius 1 is 1.25 bits per heavy atom. The third-order valence-electron chi connectivity index (χ3n) is 3.40. The van der Waals surface area contributed by atoms with Crippen molar-refractivity contribution in [1.29, 1.82) is 0 Å². The van der Waals surface area contributed by atoms with Gasteiger partial charge in [-0.15, -0.1) is 24.8 Å². The van der Waals surface area contributed by atoms with E-state index >= 15 is 0 Å². The highest BCUT2D eigenvalue weighted by atomic mass is 79.9. The molecule has 0 bridgehead atoms. The predicted molar refractivity (Wildman–Crippen MR) is 95.5 cm³/mol. The topological polar surface area (TPSA) is 35.5 Å². The van der Waals surface area contributed by atoms with Gasteiger partial charge in [0.15, 0.2) is 0 Å². The number of rotatable bonds is 3. The second-order valence-electron chi connectivity index (χ2n) is 4.54. The third-order valence-corrected chi connectivity index (χ3v) is 4.46. The molecule has 116 valence electrons. The van der Waals surface area contributed by atoms with Gasteiger partial charge in [-0.2, -0.15) is 0 Å². The van der Waals surface area contributed by atoms with Crippen molar-refractivity contribution in [2.24, 2.45) is 0 Å². The molecule has 0 aromatic heterocycles. The molecule has 2 rings (SSSR count). The summed E-state index contributed by atoms with van der Waals surface area (Å²) in [5, 5.41) is 13.6. The van der Waals surface area contributed by atoms with Gasteiger partial charge in [0.05, 0.1) is 4.47 Å². The molecule has 7 heteroatoms. The van der Waals surface area contributed by atoms with Crippen molar-refractivity contribution in [1.82, 2.24) is 10.2 Å². The molecule has 1 heterocycles. The number of piperazine rings is 1. The summed E-state index contributed by atoms with van der Waals surface area (Å²) in [5.74, 6) is 0.364. The minimum Gasteiger partial charge on any atom is -0.506 e. The molecular weight excluding hydrogens is 431 g/mol. The van der Waals surface area contributed by atoms with Crippen LogP contribution in [0, 0.1) is 0 Å². The van der Waals surface area contributed by atoms with Gasteiger partial charge in [0, 0.05) is 42.3 Å². The Hall–Kier alpha value is 0.480. The van der Waals surface area contributed by atoms with E-state index in [4.69, 9.17) is 0 Å². The van der Waals surface area contributed by atoms with Crippen LogP contribution in [-0.4, -0.2) is 36.2 Å². The van der Waals surface area contributed by atoms with Crippen molar-refractivity contribution >= 4 is 56.7 Å². The van der Waals surface area contributed by atoms with Gasteiger partial charge in [0.1, 0.15) is 5.75 Å². The van der Waals surface area contributed by atoms with Crippen LogP contribution in [0.4, 0.5) is 0 Å². The van der Waals surface area contributed by atoms with Crippen LogP contribution in [0.3, 0.4) is 0 Å². The molecule has 20 heavy (non-hydrogen) atoms. The van der Waals surface area contributed by atoms with E-state index in [2.05, 4.69) is 49.0 Å². The molecule has 1 aliphatic heterocycles. The lowest BCUT2D eigenvalue weighted by Gasteiger charge is -2.35. The van der Waals surface area contributed by atoms with E-state index in [1.165, 1.54) is 0 Å². The van der Waals surface area contributed by atoms with Crippen LogP contribution in [0.1, 0.15) is 24.9 Å². The summed E-state index contributed by atoms with van der Waals surface area (Å²) >= 11 is 6.90. The molecule has 0 spiro atoms. The summed E-state index contributed by atoms with van der Waals surface area (Å²) in [6.45, 7) is 6.27. The van der Waals surface area contributed by atoms with E-state index < -0.39 is 0 Å². The molecule has 0 radical (unpaired) electrons. The molecule has 1 atom stereocenters. The van der Waals surface area contributed by atoms with Gasteiger partial charge in [0.2, 0.25) is 0 Å². The van der Waals surface area contributed by atoms with Crippen LogP contribution in [-0.2, 0) is 0 Å². The highest BCUT2D eigenvalue weighted by Crippen LogP contribution is 2.38. The van der Waals surface area contributed by atoms with E-state index in [-0.39, 0.29) is 30.9 Å². The number of hydrogen-bond donors (Lipinski definition) is 2. The monoisotopic (exact) mass is 448 g/mol. The summed E-state index contributed by atoms with van der Waals surface area (Å²) in [5.41, 5.74) is 1.00. The van der Waals surface area contributed by atoms with Gasteiger partial charge in [-0.3, -0.25) is 4.90 Å². The first-order valence-corrected chi connectivity index (χ1v) is 7.84. The Kier molecular flexibility index (Phi) is 9.72. The van der Waals surface area contributed by atoms with Crippen LogP contribution in [0.25, 0.3) is 0 Å². The standard InChI is InChI=1S/C13H18Br2N2O.2ClH/c1-2-12(17-5-3-16-4-6-17)10-7-9(14)8-11(15)13(10)18;;/h7-8,12,16,18H,2-6H2,1H3;2*1H/t12-;;/m0../s1. The minimum absolute atomic E-state index is 0. The summed E-state index contributed by atoms with van der Waals surface area (Å²) in [4.78, 5) is 2.43. The number of aromatic hydroxyl groups is 1. The Labute approximate surface area is 149 Å². The number of hydrogen-bond acceptors (Lipinski definition) is 3. The minimum atomic E-state index is 0. The van der Waals surface area contributed by atoms with Crippen molar-refractivity contribution in [2.45, 2.75) is 19.4 Å². The molecule has 1 aromatic carbocycles. The Morgan fingerprint density at radius 3 is 2.40 bits per heavy atom. The average Bonchev–Trinajstić information content (AvgIpc) is 2.37. The Bertz CT molecular complexity index is 429. The molecule has 1 fully saturated rings. The largest absolute Gasteiger partial charge is 0.506 e. The van der Waals surface area contributed by atoms with Crippen molar-refractivity contribution in [3.63, 3.8) is 0 Å². The van der Waals surface area contributed by atoms with Gasteiger partial charge in [-0.25, -0.2) is 0 Å². The van der Waals surface area contributed by atoms with Crippen molar-refractivity contribution in [2.75, 3.05) is 26.2 Å². The maximum absolute atomic E-state index is 10.2. The molecule has 0 unspecified atom stereocenters. The van der Waals surface area contributed by atoms with Crippen LogP contribution in [0.15, 0.2) is 21.1 Å². The normalized spacial score (nSPS) is 16.9. The SMILES string of the molecule is CC[C@@H](c1cc(Br)cc(Br)c1O)N1CCNCC1.Cl.Cl. The first-order chi connectivity index (χ1) is 8.63. The maximum Gasteiger partial charge on any atom is 0.134 e. The summed E-state index contributed by atoms with van der Waals surface area (Å²) < 4.78 is 1.75. The lowest BCUT2D eigenvalue weighted by Crippen LogP contribution is -2.45. The third kappa shape index (κ3) is 4.75. The van der Waals surface area contributed by atoms with E-state index in [0.717, 1.165) is 47.1 Å².